The third-order valence-electron chi connectivity index (χ3n) is 10.4. The monoisotopic (exact) mass is 632 g/mol. The second kappa shape index (κ2) is 11.6. The van der Waals surface area contributed by atoms with E-state index in [0.717, 1.165) is 0 Å². The molecule has 0 aliphatic carbocycles. The third kappa shape index (κ3) is 4.46. The summed E-state index contributed by atoms with van der Waals surface area (Å²) in [7, 11) is 0. The van der Waals surface area contributed by atoms with Crippen LogP contribution in [-0.4, -0.2) is 0 Å². The number of hydrogen-bond acceptors (Lipinski definition) is 0. The largest absolute Gasteiger partial charge is 0.0622 e. The zero-order chi connectivity index (χ0) is 33.0. The Bertz CT molecular complexity index is 2910. The second-order valence-corrected chi connectivity index (χ2v) is 13.2. The van der Waals surface area contributed by atoms with Gasteiger partial charge < -0.3 is 0 Å². The fourth-order valence-electron chi connectivity index (χ4n) is 8.24. The average Bonchev–Trinajstić information content (AvgIpc) is 3.19. The van der Waals surface area contributed by atoms with Gasteiger partial charge in [0.2, 0.25) is 0 Å². The van der Waals surface area contributed by atoms with E-state index in [1.165, 1.54) is 98.4 Å². The molecule has 0 saturated carbocycles. The van der Waals surface area contributed by atoms with Gasteiger partial charge in [0.05, 0.1) is 0 Å². The molecule has 0 amide bonds. The van der Waals surface area contributed by atoms with E-state index in [0.29, 0.717) is 0 Å². The molecule has 0 unspecified atom stereocenters. The fourth-order valence-corrected chi connectivity index (χ4v) is 8.24. The summed E-state index contributed by atoms with van der Waals surface area (Å²) >= 11 is 0. The molecule has 0 spiro atoms. The number of fused-ring (bicyclic) bond motifs is 6. The maximum atomic E-state index is 2.45. The van der Waals surface area contributed by atoms with Gasteiger partial charge in [-0.3, -0.25) is 0 Å². The van der Waals surface area contributed by atoms with E-state index in [9.17, 15) is 0 Å². The molecule has 0 N–H and O–H groups in total. The van der Waals surface area contributed by atoms with E-state index in [4.69, 9.17) is 0 Å². The standard InChI is InChI=1S/C50H32/c1-2-16-34(17-3-1)49-44-26-12-13-27-45(44)50(43-25-11-10-23-41(43)40-28-14-19-33-15-4-6-20-37(33)40)46-30-29-36(32-48(46)49)47-31-35-18-5-7-21-38(35)39-22-8-9-24-42(39)47/h1-32H. The molecule has 10 aromatic carbocycles. The molecule has 10 aromatic rings. The van der Waals surface area contributed by atoms with Crippen molar-refractivity contribution in [1.29, 1.82) is 0 Å². The highest BCUT2D eigenvalue weighted by Gasteiger charge is 2.20. The van der Waals surface area contributed by atoms with Gasteiger partial charge in [-0.1, -0.05) is 182 Å². The minimum absolute atomic E-state index is 1.22. The van der Waals surface area contributed by atoms with Crippen molar-refractivity contribution >= 4 is 53.9 Å². The van der Waals surface area contributed by atoms with Gasteiger partial charge in [0.25, 0.3) is 0 Å². The Hall–Kier alpha value is -6.50. The van der Waals surface area contributed by atoms with E-state index < -0.39 is 0 Å². The van der Waals surface area contributed by atoms with E-state index in [1.54, 1.807) is 0 Å². The molecular weight excluding hydrogens is 601 g/mol. The van der Waals surface area contributed by atoms with Crippen LogP contribution in [0, 0.1) is 0 Å². The van der Waals surface area contributed by atoms with Crippen LogP contribution >= 0.6 is 0 Å². The highest BCUT2D eigenvalue weighted by molar-refractivity contribution is 6.24. The Balaban J connectivity index is 1.34. The average molecular weight is 633 g/mol. The lowest BCUT2D eigenvalue weighted by Crippen LogP contribution is -1.94. The zero-order valence-electron chi connectivity index (χ0n) is 27.5. The van der Waals surface area contributed by atoms with E-state index >= 15 is 0 Å². The lowest BCUT2D eigenvalue weighted by Gasteiger charge is -2.21. The fraction of sp³-hybridized carbons (Fsp3) is 0. The van der Waals surface area contributed by atoms with Crippen molar-refractivity contribution < 1.29 is 0 Å². The summed E-state index contributed by atoms with van der Waals surface area (Å²) in [6.07, 6.45) is 0. The van der Waals surface area contributed by atoms with Gasteiger partial charge in [0, 0.05) is 0 Å². The molecule has 0 aromatic heterocycles. The maximum Gasteiger partial charge on any atom is -0.00201 e. The van der Waals surface area contributed by atoms with Crippen LogP contribution in [0.3, 0.4) is 0 Å². The van der Waals surface area contributed by atoms with Crippen LogP contribution in [0.25, 0.3) is 98.4 Å². The first-order valence-corrected chi connectivity index (χ1v) is 17.4. The Morgan fingerprint density at radius 3 is 1.54 bits per heavy atom. The summed E-state index contributed by atoms with van der Waals surface area (Å²) in [5.74, 6) is 0. The number of hydrogen-bond donors (Lipinski definition) is 0. The van der Waals surface area contributed by atoms with E-state index in [2.05, 4.69) is 194 Å². The van der Waals surface area contributed by atoms with Crippen molar-refractivity contribution in [3.05, 3.63) is 194 Å². The molecule has 232 valence electrons. The third-order valence-corrected chi connectivity index (χ3v) is 10.4. The van der Waals surface area contributed by atoms with Gasteiger partial charge in [0.1, 0.15) is 0 Å². The van der Waals surface area contributed by atoms with Gasteiger partial charge in [-0.2, -0.15) is 0 Å². The van der Waals surface area contributed by atoms with Gasteiger partial charge in [-0.05, 0) is 111 Å². The summed E-state index contributed by atoms with van der Waals surface area (Å²) in [4.78, 5) is 0. The highest BCUT2D eigenvalue weighted by atomic mass is 14.2. The van der Waals surface area contributed by atoms with Crippen molar-refractivity contribution in [1.82, 2.24) is 0 Å². The SMILES string of the molecule is c1ccc(-c2c3ccccc3c(-c3ccccc3-c3cccc4ccccc34)c3ccc(-c4cc5ccccc5c5ccccc45)cc23)cc1. The van der Waals surface area contributed by atoms with Crippen molar-refractivity contribution in [3.63, 3.8) is 0 Å². The summed E-state index contributed by atoms with van der Waals surface area (Å²) < 4.78 is 0. The number of benzene rings is 10. The van der Waals surface area contributed by atoms with Crippen LogP contribution in [0.2, 0.25) is 0 Å². The number of rotatable bonds is 4. The van der Waals surface area contributed by atoms with Crippen LogP contribution in [-0.2, 0) is 0 Å². The quantitative estimate of drug-likeness (QED) is 0.134. The van der Waals surface area contributed by atoms with Crippen LogP contribution in [0.15, 0.2) is 194 Å². The smallest absolute Gasteiger partial charge is 0.00201 e. The molecule has 0 atom stereocenters. The van der Waals surface area contributed by atoms with Crippen LogP contribution in [0.1, 0.15) is 0 Å². The first kappa shape index (κ1) is 28.5. The highest BCUT2D eigenvalue weighted by Crippen LogP contribution is 2.48. The summed E-state index contributed by atoms with van der Waals surface area (Å²) in [6.45, 7) is 0. The van der Waals surface area contributed by atoms with E-state index in [1.807, 2.05) is 0 Å². The molecule has 0 fully saturated rings. The molecule has 0 bridgehead atoms. The Kier molecular flexibility index (Phi) is 6.60. The molecule has 0 heterocycles. The lowest BCUT2D eigenvalue weighted by atomic mass is 9.82. The van der Waals surface area contributed by atoms with Crippen LogP contribution in [0.5, 0.6) is 0 Å². The van der Waals surface area contributed by atoms with Crippen LogP contribution in [0.4, 0.5) is 0 Å². The van der Waals surface area contributed by atoms with Crippen molar-refractivity contribution in [2.24, 2.45) is 0 Å². The van der Waals surface area contributed by atoms with Crippen molar-refractivity contribution in [2.45, 2.75) is 0 Å². The molecule has 0 nitrogen and oxygen atoms in total. The van der Waals surface area contributed by atoms with E-state index in [-0.39, 0.29) is 0 Å². The topological polar surface area (TPSA) is 0 Å². The van der Waals surface area contributed by atoms with Gasteiger partial charge in [-0.15, -0.1) is 0 Å². The molecule has 0 heteroatoms. The zero-order valence-corrected chi connectivity index (χ0v) is 27.5. The minimum Gasteiger partial charge on any atom is -0.0622 e. The van der Waals surface area contributed by atoms with Gasteiger partial charge >= 0.3 is 0 Å². The Labute approximate surface area is 291 Å². The molecule has 10 rings (SSSR count). The lowest BCUT2D eigenvalue weighted by molar-refractivity contribution is 1.62. The van der Waals surface area contributed by atoms with Gasteiger partial charge in [-0.25, -0.2) is 0 Å². The predicted octanol–water partition coefficient (Wildman–Crippen LogP) is 14.1. The minimum atomic E-state index is 1.22. The van der Waals surface area contributed by atoms with Crippen LogP contribution < -0.4 is 0 Å². The normalized spacial score (nSPS) is 11.6. The first-order valence-electron chi connectivity index (χ1n) is 17.4. The first-order chi connectivity index (χ1) is 24.8. The summed E-state index contributed by atoms with van der Waals surface area (Å²) in [5.41, 5.74) is 9.99. The molecule has 0 aliphatic rings. The molecular formula is C50H32. The Morgan fingerprint density at radius 2 is 0.740 bits per heavy atom. The Morgan fingerprint density at radius 1 is 0.200 bits per heavy atom. The molecule has 50 heavy (non-hydrogen) atoms. The van der Waals surface area contributed by atoms with Gasteiger partial charge in [0.15, 0.2) is 0 Å². The maximum absolute atomic E-state index is 2.45. The molecule has 0 radical (unpaired) electrons. The second-order valence-electron chi connectivity index (χ2n) is 13.2. The van der Waals surface area contributed by atoms with Crippen molar-refractivity contribution in [2.75, 3.05) is 0 Å². The predicted molar refractivity (Wildman–Crippen MR) is 216 cm³/mol. The summed E-state index contributed by atoms with van der Waals surface area (Å²) in [6, 6.07) is 71.4. The van der Waals surface area contributed by atoms with Crippen molar-refractivity contribution in [3.8, 4) is 44.5 Å². The molecule has 0 saturated heterocycles. The summed E-state index contributed by atoms with van der Waals surface area (Å²) in [5, 5.41) is 12.6. The molecule has 0 aliphatic heterocycles.